The predicted molar refractivity (Wildman–Crippen MR) is 115 cm³/mol. The SMILES string of the molecule is Cc1cc(=O)c(C(=O)NCCC(=O)N2CCc3sccc3C2)nn1-c1ccccc1F. The van der Waals surface area contributed by atoms with Crippen LogP contribution in [0.1, 0.15) is 33.0 Å². The molecule has 1 N–H and O–H groups in total. The zero-order valence-corrected chi connectivity index (χ0v) is 17.7. The van der Waals surface area contributed by atoms with Gasteiger partial charge in [-0.3, -0.25) is 14.4 Å². The molecule has 2 amide bonds. The van der Waals surface area contributed by atoms with Crippen LogP contribution < -0.4 is 10.7 Å². The molecule has 1 aromatic carbocycles. The first-order valence-corrected chi connectivity index (χ1v) is 10.8. The van der Waals surface area contributed by atoms with Crippen molar-refractivity contribution in [2.24, 2.45) is 0 Å². The molecule has 0 saturated heterocycles. The molecule has 0 bridgehead atoms. The highest BCUT2D eigenvalue weighted by Gasteiger charge is 2.22. The van der Waals surface area contributed by atoms with E-state index in [-0.39, 0.29) is 30.3 Å². The average molecular weight is 441 g/mol. The predicted octanol–water partition coefficient (Wildman–Crippen LogP) is 2.45. The Balaban J connectivity index is 1.41. The number of hydrogen-bond acceptors (Lipinski definition) is 5. The topological polar surface area (TPSA) is 84.3 Å². The Kier molecular flexibility index (Phi) is 5.94. The third-order valence-corrected chi connectivity index (χ3v) is 6.21. The third-order valence-electron chi connectivity index (χ3n) is 5.19. The molecule has 3 aromatic rings. The van der Waals surface area contributed by atoms with Crippen molar-refractivity contribution in [3.63, 3.8) is 0 Å². The third kappa shape index (κ3) is 4.41. The van der Waals surface area contributed by atoms with Crippen molar-refractivity contribution >= 4 is 23.2 Å². The number of fused-ring (bicyclic) bond motifs is 1. The van der Waals surface area contributed by atoms with Crippen molar-refractivity contribution in [1.29, 1.82) is 0 Å². The van der Waals surface area contributed by atoms with Crippen LogP contribution in [0.5, 0.6) is 0 Å². The smallest absolute Gasteiger partial charge is 0.275 e. The Morgan fingerprint density at radius 1 is 1.26 bits per heavy atom. The number of benzene rings is 1. The van der Waals surface area contributed by atoms with Crippen molar-refractivity contribution in [2.75, 3.05) is 13.1 Å². The molecule has 3 heterocycles. The van der Waals surface area contributed by atoms with Gasteiger partial charge in [0.2, 0.25) is 11.3 Å². The second kappa shape index (κ2) is 8.81. The molecule has 1 aliphatic heterocycles. The van der Waals surface area contributed by atoms with Crippen molar-refractivity contribution in [3.8, 4) is 5.69 Å². The lowest BCUT2D eigenvalue weighted by Crippen LogP contribution is -2.38. The largest absolute Gasteiger partial charge is 0.350 e. The summed E-state index contributed by atoms with van der Waals surface area (Å²) in [5, 5.41) is 8.68. The molecule has 0 aliphatic carbocycles. The summed E-state index contributed by atoms with van der Waals surface area (Å²) in [4.78, 5) is 40.4. The van der Waals surface area contributed by atoms with Gasteiger partial charge in [-0.2, -0.15) is 5.10 Å². The van der Waals surface area contributed by atoms with Gasteiger partial charge in [-0.15, -0.1) is 11.3 Å². The molecule has 2 aromatic heterocycles. The fraction of sp³-hybridized carbons (Fsp3) is 0.273. The highest BCUT2D eigenvalue weighted by atomic mass is 32.1. The van der Waals surface area contributed by atoms with E-state index in [1.165, 1.54) is 33.3 Å². The van der Waals surface area contributed by atoms with Crippen LogP contribution in [0, 0.1) is 12.7 Å². The number of carbonyl (C=O) groups excluding carboxylic acids is 2. The summed E-state index contributed by atoms with van der Waals surface area (Å²) in [7, 11) is 0. The molecule has 31 heavy (non-hydrogen) atoms. The minimum atomic E-state index is -0.693. The number of aryl methyl sites for hydroxylation is 1. The van der Waals surface area contributed by atoms with E-state index in [1.54, 1.807) is 35.3 Å². The van der Waals surface area contributed by atoms with E-state index in [0.717, 1.165) is 6.42 Å². The molecule has 0 radical (unpaired) electrons. The highest BCUT2D eigenvalue weighted by Crippen LogP contribution is 2.24. The van der Waals surface area contributed by atoms with E-state index in [0.29, 0.717) is 18.8 Å². The van der Waals surface area contributed by atoms with E-state index < -0.39 is 17.2 Å². The van der Waals surface area contributed by atoms with Gasteiger partial charge in [-0.1, -0.05) is 12.1 Å². The molecule has 9 heteroatoms. The summed E-state index contributed by atoms with van der Waals surface area (Å²) >= 11 is 1.70. The molecule has 0 spiro atoms. The Morgan fingerprint density at radius 2 is 2.06 bits per heavy atom. The van der Waals surface area contributed by atoms with Gasteiger partial charge in [-0.25, -0.2) is 9.07 Å². The Morgan fingerprint density at radius 3 is 2.87 bits per heavy atom. The number of aromatic nitrogens is 2. The zero-order chi connectivity index (χ0) is 22.0. The molecule has 4 rings (SSSR count). The maximum Gasteiger partial charge on any atom is 0.275 e. The first kappa shape index (κ1) is 20.9. The van der Waals surface area contributed by atoms with Crippen LogP contribution in [-0.2, 0) is 17.8 Å². The summed E-state index contributed by atoms with van der Waals surface area (Å²) in [6.45, 7) is 2.93. The van der Waals surface area contributed by atoms with Gasteiger partial charge >= 0.3 is 0 Å². The van der Waals surface area contributed by atoms with Gasteiger partial charge in [0.25, 0.3) is 5.91 Å². The molecule has 1 aliphatic rings. The number of carbonyl (C=O) groups is 2. The number of nitrogens with zero attached hydrogens (tertiary/aromatic N) is 3. The number of nitrogens with one attached hydrogen (secondary N) is 1. The fourth-order valence-electron chi connectivity index (χ4n) is 3.56. The molecule has 0 atom stereocenters. The lowest BCUT2D eigenvalue weighted by Gasteiger charge is -2.27. The number of halogens is 1. The molecule has 0 unspecified atom stereocenters. The van der Waals surface area contributed by atoms with Crippen LogP contribution >= 0.6 is 11.3 Å². The summed E-state index contributed by atoms with van der Waals surface area (Å²) in [6.07, 6.45) is 0.965. The van der Waals surface area contributed by atoms with Gasteiger partial charge < -0.3 is 10.2 Å². The van der Waals surface area contributed by atoms with E-state index in [2.05, 4.69) is 10.4 Å². The van der Waals surface area contributed by atoms with Crippen LogP contribution in [-0.4, -0.2) is 39.6 Å². The van der Waals surface area contributed by atoms with Crippen LogP contribution in [0.4, 0.5) is 4.39 Å². The van der Waals surface area contributed by atoms with Gasteiger partial charge in [0.1, 0.15) is 11.5 Å². The van der Waals surface area contributed by atoms with Crippen molar-refractivity contribution < 1.29 is 14.0 Å². The van der Waals surface area contributed by atoms with Crippen molar-refractivity contribution in [3.05, 3.63) is 79.6 Å². The minimum absolute atomic E-state index is 0.0576. The van der Waals surface area contributed by atoms with Gasteiger partial charge in [0.15, 0.2) is 5.69 Å². The Labute approximate surface area is 182 Å². The fourth-order valence-corrected chi connectivity index (χ4v) is 4.45. The van der Waals surface area contributed by atoms with Gasteiger partial charge in [-0.05, 0) is 42.5 Å². The summed E-state index contributed by atoms with van der Waals surface area (Å²) < 4.78 is 15.4. The quantitative estimate of drug-likeness (QED) is 0.661. The van der Waals surface area contributed by atoms with E-state index in [4.69, 9.17) is 0 Å². The standard InChI is InChI=1S/C22H21FN4O3S/c1-14-12-18(28)21(25-27(14)17-5-3-2-4-16(17)23)22(30)24-9-6-20(29)26-10-7-19-15(13-26)8-11-31-19/h2-5,8,11-12H,6-7,9-10,13H2,1H3,(H,24,30). The van der Waals surface area contributed by atoms with Crippen LogP contribution in [0.15, 0.2) is 46.6 Å². The molecule has 160 valence electrons. The number of rotatable bonds is 5. The number of para-hydroxylation sites is 1. The maximum absolute atomic E-state index is 14.1. The number of amides is 2. The minimum Gasteiger partial charge on any atom is -0.350 e. The van der Waals surface area contributed by atoms with Gasteiger partial charge in [0.05, 0.1) is 0 Å². The molecular weight excluding hydrogens is 419 g/mol. The molecule has 7 nitrogen and oxygen atoms in total. The lowest BCUT2D eigenvalue weighted by molar-refractivity contribution is -0.131. The lowest BCUT2D eigenvalue weighted by atomic mass is 10.1. The van der Waals surface area contributed by atoms with Crippen molar-refractivity contribution in [1.82, 2.24) is 20.0 Å². The van der Waals surface area contributed by atoms with Crippen LogP contribution in [0.3, 0.4) is 0 Å². The monoisotopic (exact) mass is 440 g/mol. The highest BCUT2D eigenvalue weighted by molar-refractivity contribution is 7.10. The maximum atomic E-state index is 14.1. The van der Waals surface area contributed by atoms with Crippen LogP contribution in [0.25, 0.3) is 5.69 Å². The second-order valence-corrected chi connectivity index (χ2v) is 8.30. The Hall–Kier alpha value is -3.33. The number of hydrogen-bond donors (Lipinski definition) is 1. The van der Waals surface area contributed by atoms with E-state index in [9.17, 15) is 18.8 Å². The molecular formula is C22H21FN4O3S. The first-order chi connectivity index (χ1) is 14.9. The number of thiophene rings is 1. The summed E-state index contributed by atoms with van der Waals surface area (Å²) in [5.41, 5.74) is 0.810. The van der Waals surface area contributed by atoms with E-state index in [1.807, 2.05) is 11.4 Å². The Bertz CT molecular complexity index is 1200. The summed E-state index contributed by atoms with van der Waals surface area (Å²) in [6, 6.07) is 9.25. The normalized spacial score (nSPS) is 13.0. The van der Waals surface area contributed by atoms with Gasteiger partial charge in [0, 0.05) is 42.7 Å². The first-order valence-electron chi connectivity index (χ1n) is 9.91. The van der Waals surface area contributed by atoms with E-state index >= 15 is 0 Å². The second-order valence-electron chi connectivity index (χ2n) is 7.30. The summed E-state index contributed by atoms with van der Waals surface area (Å²) in [5.74, 6) is -1.27. The zero-order valence-electron chi connectivity index (χ0n) is 16.9. The molecule has 0 saturated carbocycles. The van der Waals surface area contributed by atoms with Crippen LogP contribution in [0.2, 0.25) is 0 Å². The molecule has 0 fully saturated rings. The average Bonchev–Trinajstić information content (AvgIpc) is 3.22. The van der Waals surface area contributed by atoms with Crippen molar-refractivity contribution in [2.45, 2.75) is 26.3 Å².